The Morgan fingerprint density at radius 3 is 0.743 bits per heavy atom. The van der Waals surface area contributed by atoms with E-state index < -0.39 is 91.5 Å². The molecule has 4 N–H and O–H groups in total. The number of hydrogen-bond donors (Lipinski definition) is 4. The second kappa shape index (κ2) is 86.5. The fraction of sp³-hybridized carbons (Fsp3) is 0.695. The van der Waals surface area contributed by atoms with Gasteiger partial charge in [0.05, 0.1) is 26.4 Å². The molecule has 0 aromatic carbocycles. The smallest absolute Gasteiger partial charge is 0.463 e. The van der Waals surface area contributed by atoms with Gasteiger partial charge < -0.3 is 34.2 Å². The van der Waals surface area contributed by atoms with Crippen molar-refractivity contribution in [1.82, 2.24) is 0 Å². The van der Waals surface area contributed by atoms with Gasteiger partial charge in [-0.15, -0.1) is 0 Å². The van der Waals surface area contributed by atoms with Gasteiger partial charge in [-0.05, 0) is 148 Å². The second-order valence-electron chi connectivity index (χ2n) is 29.6. The average Bonchev–Trinajstić information content (AvgIpc) is 0.901. The number of carbonyl (C=O) groups excluding carboxylic acids is 3. The van der Waals surface area contributed by atoms with E-state index >= 15 is 0 Å². The highest BCUT2D eigenvalue weighted by molar-refractivity contribution is 7.47. The Hall–Kier alpha value is -4.83. The Morgan fingerprint density at radius 2 is 0.469 bits per heavy atom. The highest BCUT2D eigenvalue weighted by Gasteiger charge is 2.29. The van der Waals surface area contributed by atoms with Crippen LogP contribution in [0.4, 0.5) is 0 Å². The molecule has 5 atom stereocenters. The lowest BCUT2D eigenvalue weighted by atomic mass is 10.0. The number of rotatable bonds is 84. The van der Waals surface area contributed by atoms with E-state index in [2.05, 4.69) is 179 Å². The lowest BCUT2D eigenvalue weighted by Gasteiger charge is -2.21. The van der Waals surface area contributed by atoms with Crippen molar-refractivity contribution < 1.29 is 75.8 Å². The summed E-state index contributed by atoms with van der Waals surface area (Å²) in [5.41, 5.74) is 0. The lowest BCUT2D eigenvalue weighted by Crippen LogP contribution is -2.30. The first-order chi connectivity index (χ1) is 55.2. The van der Waals surface area contributed by atoms with Crippen LogP contribution in [0.25, 0.3) is 0 Å². The molecule has 0 bridgehead atoms. The van der Waals surface area contributed by atoms with Gasteiger partial charge in [0.25, 0.3) is 0 Å². The third-order valence-electron chi connectivity index (χ3n) is 18.7. The van der Waals surface area contributed by atoms with Crippen LogP contribution in [0.5, 0.6) is 0 Å². The highest BCUT2D eigenvalue weighted by Crippen LogP contribution is 2.45. The maximum atomic E-state index is 13.0. The first-order valence-electron chi connectivity index (χ1n) is 44.8. The average molecular weight is 1620 g/mol. The Balaban J connectivity index is 4.57. The van der Waals surface area contributed by atoms with Crippen LogP contribution in [0.3, 0.4) is 0 Å². The maximum absolute atomic E-state index is 13.0. The van der Waals surface area contributed by atoms with E-state index in [1.807, 2.05) is 0 Å². The van der Waals surface area contributed by atoms with Gasteiger partial charge in [0.2, 0.25) is 0 Å². The minimum absolute atomic E-state index is 0.0840. The Bertz CT molecular complexity index is 2680. The molecule has 0 saturated carbocycles. The molecule has 18 heteroatoms. The fourth-order valence-corrected chi connectivity index (χ4v) is 13.6. The van der Waals surface area contributed by atoms with Gasteiger partial charge in [0.15, 0.2) is 6.10 Å². The minimum atomic E-state index is -4.95. The van der Waals surface area contributed by atoms with Crippen LogP contribution in [0.15, 0.2) is 158 Å². The second-order valence-corrected chi connectivity index (χ2v) is 32.5. The third kappa shape index (κ3) is 87.8. The van der Waals surface area contributed by atoms with Gasteiger partial charge in [0, 0.05) is 19.3 Å². The Kier molecular flexibility index (Phi) is 82.8. The molecule has 0 aromatic heterocycles. The SMILES string of the molecule is CC/C=C\C/C=C\C/C=C\C/C=C\C/C=C\CCCCCCCCCCCCCC(=O)OCC(COP(=O)(O)OCC(O)COP(=O)(O)OCC(O)COC(=O)CCCCCCCCCCCCCCCCC/C=C\C/C=C\C/C=C\C/C=C\CCCCC)OC(=O)CCCCCCCC/C=C\C/C=C\C/C=C\C/C=C\CC. The summed E-state index contributed by atoms with van der Waals surface area (Å²) < 4.78 is 61.4. The summed E-state index contributed by atoms with van der Waals surface area (Å²) in [6, 6.07) is 0. The predicted molar refractivity (Wildman–Crippen MR) is 472 cm³/mol. The summed E-state index contributed by atoms with van der Waals surface area (Å²) >= 11 is 0. The van der Waals surface area contributed by atoms with Gasteiger partial charge in [-0.25, -0.2) is 9.13 Å². The van der Waals surface area contributed by atoms with Crippen LogP contribution in [0.1, 0.15) is 367 Å². The largest absolute Gasteiger partial charge is 0.472 e. The summed E-state index contributed by atoms with van der Waals surface area (Å²) in [5, 5.41) is 20.7. The van der Waals surface area contributed by atoms with Crippen molar-refractivity contribution in [2.45, 2.75) is 386 Å². The summed E-state index contributed by atoms with van der Waals surface area (Å²) in [5.74, 6) is -1.59. The van der Waals surface area contributed by atoms with E-state index in [0.717, 1.165) is 167 Å². The number of allylic oxidation sites excluding steroid dienone is 26. The molecule has 0 spiro atoms. The first-order valence-corrected chi connectivity index (χ1v) is 47.8. The normalized spacial score (nSPS) is 14.6. The van der Waals surface area contributed by atoms with Gasteiger partial charge in [-0.2, -0.15) is 0 Å². The molecule has 0 aromatic rings. The van der Waals surface area contributed by atoms with Gasteiger partial charge in [0.1, 0.15) is 25.4 Å². The van der Waals surface area contributed by atoms with Crippen LogP contribution in [0, 0.1) is 0 Å². The quantitative estimate of drug-likeness (QED) is 0.0146. The zero-order chi connectivity index (χ0) is 82.2. The molecule has 113 heavy (non-hydrogen) atoms. The van der Waals surface area contributed by atoms with Crippen molar-refractivity contribution >= 4 is 33.6 Å². The highest BCUT2D eigenvalue weighted by atomic mass is 31.2. The minimum Gasteiger partial charge on any atom is -0.463 e. The van der Waals surface area contributed by atoms with E-state index in [0.29, 0.717) is 19.3 Å². The maximum Gasteiger partial charge on any atom is 0.472 e. The third-order valence-corrected chi connectivity index (χ3v) is 20.6. The van der Waals surface area contributed by atoms with Crippen molar-refractivity contribution in [3.05, 3.63) is 158 Å². The standard InChI is InChI=1S/C95H162O16P2/c1-4-7-10-13-16-19-22-25-28-31-34-36-38-40-42-43-44-45-47-49-50-52-55-57-60-63-66-69-72-75-78-81-93(98)105-84-90(96)85-107-112(101,102)108-86-91(97)87-109-113(103,104)110-89-92(111-95(100)83-80-77-74-71-68-65-62-59-54-33-30-27-24-21-18-15-12-9-6-3)88-106-94(99)82-79-76-73-70-67-64-61-58-56-53-51-48-46-41-39-37-35-32-29-26-23-20-17-14-11-8-5-2/h8-9,11-12,16-21,25-30,34-37,40-42,46,54,59,90-92,96-97H,4-7,10,13-15,22-24,31-33,38-39,43-45,47-53,55-58,60-89H2,1-3H3,(H,101,102)(H,103,104)/b11-8-,12-9-,19-16-,20-17-,21-18-,28-25-,29-26-,30-27-,36-34-,37-35-,42-40-,46-41-,59-54-. The molecule has 0 amide bonds. The van der Waals surface area contributed by atoms with Crippen LogP contribution in [0.2, 0.25) is 0 Å². The Morgan fingerprint density at radius 1 is 0.257 bits per heavy atom. The summed E-state index contributed by atoms with van der Waals surface area (Å²) in [6.45, 7) is 2.45. The van der Waals surface area contributed by atoms with Crippen LogP contribution in [-0.2, 0) is 55.8 Å². The summed E-state index contributed by atoms with van der Waals surface area (Å²) in [7, 11) is -9.81. The zero-order valence-corrected chi connectivity index (χ0v) is 73.0. The van der Waals surface area contributed by atoms with Gasteiger partial charge in [-0.3, -0.25) is 32.5 Å². The van der Waals surface area contributed by atoms with Gasteiger partial charge in [-0.1, -0.05) is 359 Å². The van der Waals surface area contributed by atoms with Crippen LogP contribution >= 0.6 is 15.6 Å². The van der Waals surface area contributed by atoms with E-state index in [1.54, 1.807) is 0 Å². The molecular weight excluding hydrogens is 1460 g/mol. The number of unbranched alkanes of at least 4 members (excludes halogenated alkanes) is 35. The zero-order valence-electron chi connectivity index (χ0n) is 71.3. The molecule has 0 rings (SSSR count). The molecule has 5 unspecified atom stereocenters. The molecule has 0 radical (unpaired) electrons. The first kappa shape index (κ1) is 108. The van der Waals surface area contributed by atoms with Crippen molar-refractivity contribution in [3.8, 4) is 0 Å². The molecule has 0 saturated heterocycles. The fourth-order valence-electron chi connectivity index (χ4n) is 12.0. The van der Waals surface area contributed by atoms with E-state index in [1.165, 1.54) is 141 Å². The summed E-state index contributed by atoms with van der Waals surface area (Å²) in [6.07, 6.45) is 110. The molecule has 0 aliphatic heterocycles. The number of aliphatic hydroxyl groups excluding tert-OH is 2. The number of esters is 3. The number of hydrogen-bond acceptors (Lipinski definition) is 14. The molecule has 16 nitrogen and oxygen atoms in total. The molecule has 0 aliphatic carbocycles. The predicted octanol–water partition coefficient (Wildman–Crippen LogP) is 27.3. The number of ether oxygens (including phenoxy) is 3. The van der Waals surface area contributed by atoms with Crippen molar-refractivity contribution in [1.29, 1.82) is 0 Å². The molecule has 648 valence electrons. The van der Waals surface area contributed by atoms with Crippen LogP contribution in [-0.4, -0.2) is 95.9 Å². The van der Waals surface area contributed by atoms with Gasteiger partial charge >= 0.3 is 33.6 Å². The lowest BCUT2D eigenvalue weighted by molar-refractivity contribution is -0.161. The number of carbonyl (C=O) groups is 3. The Labute approximate surface area is 689 Å². The molecule has 0 fully saturated rings. The van der Waals surface area contributed by atoms with Crippen molar-refractivity contribution in [2.75, 3.05) is 39.6 Å². The molecule has 0 aliphatic rings. The number of phosphoric ester groups is 2. The van der Waals surface area contributed by atoms with E-state index in [4.69, 9.17) is 32.3 Å². The molecular formula is C95H162O16P2. The number of phosphoric acid groups is 2. The van der Waals surface area contributed by atoms with Crippen molar-refractivity contribution in [2.24, 2.45) is 0 Å². The monoisotopic (exact) mass is 1620 g/mol. The molecule has 0 heterocycles. The summed E-state index contributed by atoms with van der Waals surface area (Å²) in [4.78, 5) is 58.9. The topological polar surface area (TPSA) is 231 Å². The van der Waals surface area contributed by atoms with E-state index in [9.17, 15) is 43.5 Å². The number of aliphatic hydroxyl groups is 2. The van der Waals surface area contributed by atoms with Crippen LogP contribution < -0.4 is 0 Å². The van der Waals surface area contributed by atoms with E-state index in [-0.39, 0.29) is 19.3 Å². The van der Waals surface area contributed by atoms with Crippen molar-refractivity contribution in [3.63, 3.8) is 0 Å².